The molecule has 174 valence electrons. The zero-order valence-electron chi connectivity index (χ0n) is 18.2. The number of hydrogen-bond donors (Lipinski definition) is 1. The van der Waals surface area contributed by atoms with E-state index in [1.54, 1.807) is 11.0 Å². The van der Waals surface area contributed by atoms with E-state index < -0.39 is 5.97 Å². The van der Waals surface area contributed by atoms with E-state index in [-0.39, 0.29) is 12.3 Å². The Labute approximate surface area is 202 Å². The molecular formula is C24H26N2O5S2. The Morgan fingerprint density at radius 3 is 2.70 bits per heavy atom. The SMILES string of the molecule is O=C(O)CCCCCN1C(=O)C(=Cc2ccc(-c3ccccc3N3CCOCC3)o2)SC1=S. The highest BCUT2D eigenvalue weighted by atomic mass is 32.2. The van der Waals surface area contributed by atoms with Crippen molar-refractivity contribution < 1.29 is 23.8 Å². The first kappa shape index (κ1) is 23.5. The summed E-state index contributed by atoms with van der Waals surface area (Å²) in [5, 5.41) is 8.73. The van der Waals surface area contributed by atoms with Crippen LogP contribution in [0.25, 0.3) is 17.4 Å². The fourth-order valence-corrected chi connectivity index (χ4v) is 5.17. The van der Waals surface area contributed by atoms with Crippen molar-refractivity contribution in [1.82, 2.24) is 4.90 Å². The summed E-state index contributed by atoms with van der Waals surface area (Å²) in [5.74, 6) is 0.421. The van der Waals surface area contributed by atoms with Gasteiger partial charge >= 0.3 is 5.97 Å². The van der Waals surface area contributed by atoms with Crippen LogP contribution in [0, 0.1) is 0 Å². The monoisotopic (exact) mass is 486 g/mol. The number of thiocarbonyl (C=S) groups is 1. The Balaban J connectivity index is 1.43. The lowest BCUT2D eigenvalue weighted by atomic mass is 10.1. The van der Waals surface area contributed by atoms with Crippen molar-refractivity contribution in [3.05, 3.63) is 47.1 Å². The van der Waals surface area contributed by atoms with Gasteiger partial charge in [-0.15, -0.1) is 0 Å². The predicted molar refractivity (Wildman–Crippen MR) is 133 cm³/mol. The second-order valence-electron chi connectivity index (χ2n) is 7.86. The van der Waals surface area contributed by atoms with Crippen molar-refractivity contribution in [2.24, 2.45) is 0 Å². The first-order valence-electron chi connectivity index (χ1n) is 11.0. The van der Waals surface area contributed by atoms with E-state index in [1.807, 2.05) is 30.3 Å². The number of amides is 1. The van der Waals surface area contributed by atoms with Gasteiger partial charge in [0.25, 0.3) is 5.91 Å². The molecule has 2 aliphatic heterocycles. The summed E-state index contributed by atoms with van der Waals surface area (Å²) in [4.78, 5) is 27.9. The molecule has 2 saturated heterocycles. The highest BCUT2D eigenvalue weighted by molar-refractivity contribution is 8.26. The molecule has 2 aromatic rings. The summed E-state index contributed by atoms with van der Waals surface area (Å²) in [6.07, 6.45) is 3.95. The van der Waals surface area contributed by atoms with Gasteiger partial charge in [0.15, 0.2) is 0 Å². The Morgan fingerprint density at radius 1 is 1.12 bits per heavy atom. The number of aliphatic carboxylic acids is 1. The van der Waals surface area contributed by atoms with Crippen molar-refractivity contribution in [3.63, 3.8) is 0 Å². The van der Waals surface area contributed by atoms with Crippen LogP contribution in [-0.2, 0) is 14.3 Å². The van der Waals surface area contributed by atoms with Gasteiger partial charge in [-0.05, 0) is 37.1 Å². The topological polar surface area (TPSA) is 83.2 Å². The average Bonchev–Trinajstić information content (AvgIpc) is 3.39. The van der Waals surface area contributed by atoms with Gasteiger partial charge in [0.05, 0.1) is 18.1 Å². The van der Waals surface area contributed by atoms with Gasteiger partial charge in [-0.1, -0.05) is 42.5 Å². The summed E-state index contributed by atoms with van der Waals surface area (Å²) in [5.41, 5.74) is 2.11. The van der Waals surface area contributed by atoms with Crippen LogP contribution in [0.3, 0.4) is 0 Å². The van der Waals surface area contributed by atoms with E-state index in [0.717, 1.165) is 42.9 Å². The van der Waals surface area contributed by atoms with Gasteiger partial charge in [-0.25, -0.2) is 0 Å². The van der Waals surface area contributed by atoms with Crippen LogP contribution in [0.15, 0.2) is 45.7 Å². The van der Waals surface area contributed by atoms with Crippen LogP contribution < -0.4 is 4.90 Å². The molecule has 4 rings (SSSR count). The van der Waals surface area contributed by atoms with Crippen molar-refractivity contribution in [2.75, 3.05) is 37.7 Å². The minimum absolute atomic E-state index is 0.130. The van der Waals surface area contributed by atoms with E-state index >= 15 is 0 Å². The predicted octanol–water partition coefficient (Wildman–Crippen LogP) is 4.63. The number of carboxylic acid groups (broad SMARTS) is 1. The van der Waals surface area contributed by atoms with Crippen molar-refractivity contribution in [3.8, 4) is 11.3 Å². The summed E-state index contributed by atoms with van der Waals surface area (Å²) < 4.78 is 12.1. The molecule has 1 N–H and O–H groups in total. The molecule has 0 radical (unpaired) electrons. The number of nitrogens with zero attached hydrogens (tertiary/aromatic N) is 2. The molecule has 3 heterocycles. The number of carbonyl (C=O) groups is 2. The van der Waals surface area contributed by atoms with Crippen molar-refractivity contribution in [2.45, 2.75) is 25.7 Å². The van der Waals surface area contributed by atoms with E-state index in [0.29, 0.717) is 41.2 Å². The molecule has 0 bridgehead atoms. The number of anilines is 1. The van der Waals surface area contributed by atoms with Crippen LogP contribution in [0.5, 0.6) is 0 Å². The van der Waals surface area contributed by atoms with E-state index in [9.17, 15) is 9.59 Å². The number of para-hydroxylation sites is 1. The number of morpholine rings is 1. The highest BCUT2D eigenvalue weighted by Gasteiger charge is 2.31. The Morgan fingerprint density at radius 2 is 1.91 bits per heavy atom. The average molecular weight is 487 g/mol. The molecule has 1 aromatic heterocycles. The maximum absolute atomic E-state index is 12.8. The molecular weight excluding hydrogens is 460 g/mol. The Kier molecular flexibility index (Phi) is 7.85. The maximum atomic E-state index is 12.8. The molecule has 9 heteroatoms. The number of unbranched alkanes of at least 4 members (excludes halogenated alkanes) is 2. The number of hydrogen-bond acceptors (Lipinski definition) is 7. The van der Waals surface area contributed by atoms with E-state index in [2.05, 4.69) is 11.0 Å². The van der Waals surface area contributed by atoms with Crippen molar-refractivity contribution in [1.29, 1.82) is 0 Å². The molecule has 0 spiro atoms. The molecule has 2 aliphatic rings. The van der Waals surface area contributed by atoms with Gasteiger partial charge < -0.3 is 19.2 Å². The number of thioether (sulfide) groups is 1. The fraction of sp³-hybridized carbons (Fsp3) is 0.375. The molecule has 1 aromatic carbocycles. The number of furan rings is 1. The molecule has 7 nitrogen and oxygen atoms in total. The Bertz CT molecular complexity index is 1060. The van der Waals surface area contributed by atoms with E-state index in [1.165, 1.54) is 11.8 Å². The van der Waals surface area contributed by atoms with Gasteiger partial charge in [0, 0.05) is 43.4 Å². The molecule has 2 fully saturated rings. The zero-order chi connectivity index (χ0) is 23.2. The fourth-order valence-electron chi connectivity index (χ4n) is 3.88. The summed E-state index contributed by atoms with van der Waals surface area (Å²) >= 11 is 6.66. The van der Waals surface area contributed by atoms with Gasteiger partial charge in [0.1, 0.15) is 15.8 Å². The van der Waals surface area contributed by atoms with Crippen LogP contribution in [0.1, 0.15) is 31.4 Å². The number of ether oxygens (including phenoxy) is 1. The van der Waals surface area contributed by atoms with Gasteiger partial charge in [-0.2, -0.15) is 0 Å². The smallest absolute Gasteiger partial charge is 0.303 e. The molecule has 33 heavy (non-hydrogen) atoms. The van der Waals surface area contributed by atoms with Crippen LogP contribution in [-0.4, -0.2) is 59.1 Å². The van der Waals surface area contributed by atoms with Crippen LogP contribution in [0.4, 0.5) is 5.69 Å². The standard InChI is InChI=1S/C24H26N2O5S2/c27-22(28)8-2-1-5-11-26-23(29)21(33-24(26)32)16-17-9-10-20(31-17)18-6-3-4-7-19(18)25-12-14-30-15-13-25/h3-4,6-7,9-10,16H,1-2,5,8,11-15H2,(H,27,28). The normalized spacial score (nSPS) is 17.9. The molecule has 0 atom stereocenters. The van der Waals surface area contributed by atoms with Crippen molar-refractivity contribution >= 4 is 51.9 Å². The lowest BCUT2D eigenvalue weighted by Crippen LogP contribution is -2.36. The minimum atomic E-state index is -0.797. The second-order valence-corrected chi connectivity index (χ2v) is 9.53. The first-order valence-corrected chi connectivity index (χ1v) is 12.2. The first-order chi connectivity index (χ1) is 16.0. The number of carbonyl (C=O) groups excluding carboxylic acids is 1. The van der Waals surface area contributed by atoms with E-state index in [4.69, 9.17) is 26.5 Å². The summed E-state index contributed by atoms with van der Waals surface area (Å²) in [6.45, 7) is 3.59. The number of carboxylic acids is 1. The van der Waals surface area contributed by atoms with Crippen LogP contribution >= 0.6 is 24.0 Å². The quantitative estimate of drug-likeness (QED) is 0.312. The number of rotatable bonds is 9. The lowest BCUT2D eigenvalue weighted by molar-refractivity contribution is -0.137. The second kappa shape index (κ2) is 11.0. The highest BCUT2D eigenvalue weighted by Crippen LogP contribution is 2.36. The zero-order valence-corrected chi connectivity index (χ0v) is 19.8. The molecule has 1 amide bonds. The minimum Gasteiger partial charge on any atom is -0.481 e. The number of benzene rings is 1. The van der Waals surface area contributed by atoms with Gasteiger partial charge in [-0.3, -0.25) is 14.5 Å². The lowest BCUT2D eigenvalue weighted by Gasteiger charge is -2.30. The summed E-state index contributed by atoms with van der Waals surface area (Å²) in [6, 6.07) is 11.9. The maximum Gasteiger partial charge on any atom is 0.303 e. The molecule has 0 aliphatic carbocycles. The largest absolute Gasteiger partial charge is 0.481 e. The molecule has 0 saturated carbocycles. The Hall–Kier alpha value is -2.62. The third-order valence-corrected chi connectivity index (χ3v) is 6.95. The van der Waals surface area contributed by atoms with Gasteiger partial charge in [0.2, 0.25) is 0 Å². The third kappa shape index (κ3) is 5.85. The third-order valence-electron chi connectivity index (χ3n) is 5.57. The van der Waals surface area contributed by atoms with Crippen LogP contribution in [0.2, 0.25) is 0 Å². The summed E-state index contributed by atoms with van der Waals surface area (Å²) in [7, 11) is 0. The molecule has 0 unspecified atom stereocenters.